The van der Waals surface area contributed by atoms with E-state index in [1.165, 1.54) is 0 Å². The van der Waals surface area contributed by atoms with Gasteiger partial charge >= 0.3 is 0 Å². The predicted octanol–water partition coefficient (Wildman–Crippen LogP) is 1.07. The van der Waals surface area contributed by atoms with Gasteiger partial charge in [-0.15, -0.1) is 0 Å². The van der Waals surface area contributed by atoms with Crippen molar-refractivity contribution in [2.75, 3.05) is 13.6 Å². The zero-order chi connectivity index (χ0) is 9.68. The molecule has 0 spiro atoms. The molecule has 0 aliphatic rings. The fraction of sp³-hybridized carbons (Fsp3) is 0.333. The van der Waals surface area contributed by atoms with Crippen molar-refractivity contribution in [2.45, 2.75) is 6.92 Å². The zero-order valence-electron chi connectivity index (χ0n) is 7.81. The molecule has 0 aliphatic heterocycles. The number of aromatic hydroxyl groups is 1. The van der Waals surface area contributed by atoms with Crippen LogP contribution in [0.4, 0.5) is 0 Å². The molecular weight excluding hydrogens is 166 g/mol. The molecule has 0 unspecified atom stereocenters. The van der Waals surface area contributed by atoms with Crippen molar-refractivity contribution in [2.24, 2.45) is 5.10 Å². The third-order valence-corrected chi connectivity index (χ3v) is 1.65. The molecule has 0 saturated heterocycles. The maximum absolute atomic E-state index is 9.32. The Morgan fingerprint density at radius 2 is 2.46 bits per heavy atom. The normalized spacial score (nSPS) is 10.6. The third kappa shape index (κ3) is 2.74. The first-order valence-electron chi connectivity index (χ1n) is 4.13. The molecule has 1 rings (SSSR count). The minimum Gasteiger partial charge on any atom is -0.506 e. The van der Waals surface area contributed by atoms with Gasteiger partial charge in [-0.05, 0) is 19.1 Å². The van der Waals surface area contributed by atoms with Crippen LogP contribution in [-0.4, -0.2) is 34.9 Å². The Morgan fingerprint density at radius 3 is 3.08 bits per heavy atom. The molecule has 1 N–H and O–H groups in total. The topological polar surface area (TPSA) is 48.7 Å². The Kier molecular flexibility index (Phi) is 3.25. The quantitative estimate of drug-likeness (QED) is 0.557. The van der Waals surface area contributed by atoms with Gasteiger partial charge in [-0.25, -0.2) is 0 Å². The fourth-order valence-corrected chi connectivity index (χ4v) is 0.743. The van der Waals surface area contributed by atoms with Gasteiger partial charge in [0.1, 0.15) is 11.4 Å². The van der Waals surface area contributed by atoms with Crippen molar-refractivity contribution in [3.8, 4) is 5.75 Å². The summed E-state index contributed by atoms with van der Waals surface area (Å²) in [5.41, 5.74) is 0.489. The second kappa shape index (κ2) is 4.45. The largest absolute Gasteiger partial charge is 0.506 e. The average Bonchev–Trinajstić information content (AvgIpc) is 2.16. The van der Waals surface area contributed by atoms with E-state index in [-0.39, 0.29) is 5.75 Å². The highest BCUT2D eigenvalue weighted by molar-refractivity contribution is 5.80. The van der Waals surface area contributed by atoms with E-state index in [0.29, 0.717) is 5.69 Å². The van der Waals surface area contributed by atoms with Crippen LogP contribution in [0.25, 0.3) is 0 Å². The summed E-state index contributed by atoms with van der Waals surface area (Å²) in [6.45, 7) is 2.82. The minimum atomic E-state index is 0.149. The second-order valence-corrected chi connectivity index (χ2v) is 2.63. The molecule has 13 heavy (non-hydrogen) atoms. The van der Waals surface area contributed by atoms with Crippen molar-refractivity contribution >= 4 is 6.21 Å². The van der Waals surface area contributed by atoms with E-state index >= 15 is 0 Å². The summed E-state index contributed by atoms with van der Waals surface area (Å²) in [7, 11) is 1.86. The summed E-state index contributed by atoms with van der Waals surface area (Å²) < 4.78 is 0. The monoisotopic (exact) mass is 179 g/mol. The lowest BCUT2D eigenvalue weighted by Gasteiger charge is -2.07. The highest BCUT2D eigenvalue weighted by Crippen LogP contribution is 2.09. The third-order valence-electron chi connectivity index (χ3n) is 1.65. The molecular formula is C9H13N3O. The van der Waals surface area contributed by atoms with E-state index in [1.807, 2.05) is 14.0 Å². The minimum absolute atomic E-state index is 0.149. The molecule has 1 heterocycles. The van der Waals surface area contributed by atoms with E-state index in [1.54, 1.807) is 29.6 Å². The van der Waals surface area contributed by atoms with Crippen molar-refractivity contribution in [1.29, 1.82) is 0 Å². The first-order chi connectivity index (χ1) is 6.24. The van der Waals surface area contributed by atoms with Crippen LogP contribution in [0.1, 0.15) is 12.6 Å². The number of hydrogen-bond donors (Lipinski definition) is 1. The van der Waals surface area contributed by atoms with E-state index in [4.69, 9.17) is 0 Å². The standard InChI is InChI=1S/C9H13N3O/c1-3-12(2)11-7-8-9(13)5-4-6-10-8/h4-7,13H,3H2,1-2H3/b11-7+. The van der Waals surface area contributed by atoms with Gasteiger partial charge in [0, 0.05) is 19.8 Å². The Bertz CT molecular complexity index is 299. The van der Waals surface area contributed by atoms with Crippen LogP contribution in [0.15, 0.2) is 23.4 Å². The molecule has 0 radical (unpaired) electrons. The van der Waals surface area contributed by atoms with Crippen LogP contribution in [-0.2, 0) is 0 Å². The smallest absolute Gasteiger partial charge is 0.142 e. The molecule has 4 heteroatoms. The van der Waals surface area contributed by atoms with Crippen LogP contribution >= 0.6 is 0 Å². The van der Waals surface area contributed by atoms with Crippen LogP contribution in [0.5, 0.6) is 5.75 Å². The summed E-state index contributed by atoms with van der Waals surface area (Å²) >= 11 is 0. The Hall–Kier alpha value is -1.58. The highest BCUT2D eigenvalue weighted by atomic mass is 16.3. The number of hydrazone groups is 1. The number of aromatic nitrogens is 1. The number of nitrogens with zero attached hydrogens (tertiary/aromatic N) is 3. The zero-order valence-corrected chi connectivity index (χ0v) is 7.81. The van der Waals surface area contributed by atoms with Gasteiger partial charge in [-0.3, -0.25) is 4.98 Å². The van der Waals surface area contributed by atoms with Crippen LogP contribution in [0, 0.1) is 0 Å². The summed E-state index contributed by atoms with van der Waals surface area (Å²) in [5, 5.41) is 15.1. The summed E-state index contributed by atoms with van der Waals surface area (Å²) in [6, 6.07) is 3.26. The number of pyridine rings is 1. The molecule has 1 aromatic heterocycles. The molecule has 0 saturated carbocycles. The van der Waals surface area contributed by atoms with Gasteiger partial charge in [0.25, 0.3) is 0 Å². The molecule has 0 atom stereocenters. The number of hydrogen-bond acceptors (Lipinski definition) is 4. The van der Waals surface area contributed by atoms with Gasteiger partial charge in [0.05, 0.1) is 6.21 Å². The predicted molar refractivity (Wildman–Crippen MR) is 51.8 cm³/mol. The van der Waals surface area contributed by atoms with Crippen LogP contribution in [0.2, 0.25) is 0 Å². The van der Waals surface area contributed by atoms with Gasteiger partial charge in [0.2, 0.25) is 0 Å². The maximum Gasteiger partial charge on any atom is 0.142 e. The summed E-state index contributed by atoms with van der Waals surface area (Å²) in [4.78, 5) is 3.96. The molecule has 0 fully saturated rings. The lowest BCUT2D eigenvalue weighted by Crippen LogP contribution is -2.09. The Morgan fingerprint density at radius 1 is 1.69 bits per heavy atom. The lowest BCUT2D eigenvalue weighted by molar-refractivity contribution is 0.377. The van der Waals surface area contributed by atoms with E-state index < -0.39 is 0 Å². The average molecular weight is 179 g/mol. The van der Waals surface area contributed by atoms with Crippen LogP contribution in [0.3, 0.4) is 0 Å². The molecule has 0 amide bonds. The first-order valence-corrected chi connectivity index (χ1v) is 4.13. The highest BCUT2D eigenvalue weighted by Gasteiger charge is 1.96. The van der Waals surface area contributed by atoms with Crippen molar-refractivity contribution in [3.63, 3.8) is 0 Å². The molecule has 1 aromatic rings. The lowest BCUT2D eigenvalue weighted by atomic mass is 10.3. The van der Waals surface area contributed by atoms with E-state index in [2.05, 4.69) is 10.1 Å². The number of rotatable bonds is 3. The van der Waals surface area contributed by atoms with Crippen molar-refractivity contribution in [1.82, 2.24) is 9.99 Å². The molecule has 0 bridgehead atoms. The second-order valence-electron chi connectivity index (χ2n) is 2.63. The Balaban J connectivity index is 2.74. The van der Waals surface area contributed by atoms with Crippen molar-refractivity contribution < 1.29 is 5.11 Å². The van der Waals surface area contributed by atoms with Gasteiger partial charge in [-0.1, -0.05) is 0 Å². The first kappa shape index (κ1) is 9.51. The maximum atomic E-state index is 9.32. The fourth-order valence-electron chi connectivity index (χ4n) is 0.743. The van der Waals surface area contributed by atoms with Crippen LogP contribution < -0.4 is 0 Å². The van der Waals surface area contributed by atoms with Crippen molar-refractivity contribution in [3.05, 3.63) is 24.0 Å². The summed E-state index contributed by atoms with van der Waals surface area (Å²) in [6.07, 6.45) is 3.16. The Labute approximate surface area is 77.5 Å². The van der Waals surface area contributed by atoms with E-state index in [0.717, 1.165) is 6.54 Å². The van der Waals surface area contributed by atoms with Gasteiger partial charge in [0.15, 0.2) is 0 Å². The van der Waals surface area contributed by atoms with E-state index in [9.17, 15) is 5.11 Å². The SMILES string of the molecule is CCN(C)/N=C/c1ncccc1O. The molecule has 0 aliphatic carbocycles. The molecule has 70 valence electrons. The van der Waals surface area contributed by atoms with Gasteiger partial charge < -0.3 is 10.1 Å². The molecule has 0 aromatic carbocycles. The summed E-state index contributed by atoms with van der Waals surface area (Å²) in [5.74, 6) is 0.149. The van der Waals surface area contributed by atoms with Gasteiger partial charge in [-0.2, -0.15) is 5.10 Å². The molecule has 4 nitrogen and oxygen atoms in total.